The van der Waals surface area contributed by atoms with Gasteiger partial charge in [-0.15, -0.1) is 0 Å². The SMILES string of the molecule is CCOc1ccc2nc(C3=C(O)c4ccccc4C3=O)ccc2c1Cl. The first-order valence-electron chi connectivity index (χ1n) is 7.91. The summed E-state index contributed by atoms with van der Waals surface area (Å²) in [7, 11) is 0. The van der Waals surface area contributed by atoms with Gasteiger partial charge in [0.15, 0.2) is 5.78 Å². The van der Waals surface area contributed by atoms with Crippen LogP contribution in [0.1, 0.15) is 28.5 Å². The number of hydrogen-bond donors (Lipinski definition) is 1. The van der Waals surface area contributed by atoms with Crippen LogP contribution < -0.4 is 4.74 Å². The molecule has 0 unspecified atom stereocenters. The molecule has 1 N–H and O–H groups in total. The summed E-state index contributed by atoms with van der Waals surface area (Å²) in [5.41, 5.74) is 2.30. The van der Waals surface area contributed by atoms with Gasteiger partial charge in [0, 0.05) is 16.5 Å². The Bertz CT molecular complexity index is 1060. The van der Waals surface area contributed by atoms with Crippen LogP contribution in [0, 0.1) is 0 Å². The van der Waals surface area contributed by atoms with Crippen molar-refractivity contribution in [3.8, 4) is 5.75 Å². The van der Waals surface area contributed by atoms with Gasteiger partial charge in [0.1, 0.15) is 11.5 Å². The summed E-state index contributed by atoms with van der Waals surface area (Å²) in [5, 5.41) is 11.7. The first kappa shape index (κ1) is 15.7. The van der Waals surface area contributed by atoms with E-state index in [0.29, 0.717) is 39.7 Å². The smallest absolute Gasteiger partial charge is 0.199 e. The Hall–Kier alpha value is -2.85. The highest BCUT2D eigenvalue weighted by Gasteiger charge is 2.31. The molecule has 5 heteroatoms. The molecule has 0 aliphatic heterocycles. The zero-order valence-electron chi connectivity index (χ0n) is 13.4. The lowest BCUT2D eigenvalue weighted by Gasteiger charge is -2.09. The van der Waals surface area contributed by atoms with Crippen molar-refractivity contribution in [1.29, 1.82) is 0 Å². The van der Waals surface area contributed by atoms with Crippen molar-refractivity contribution >= 4 is 39.6 Å². The van der Waals surface area contributed by atoms with Gasteiger partial charge in [0.05, 0.1) is 28.4 Å². The zero-order valence-corrected chi connectivity index (χ0v) is 14.2. The number of rotatable bonds is 3. The molecule has 0 saturated heterocycles. The molecule has 3 aromatic rings. The molecule has 0 spiro atoms. The van der Waals surface area contributed by atoms with Gasteiger partial charge in [-0.2, -0.15) is 0 Å². The highest BCUT2D eigenvalue weighted by molar-refractivity contribution is 6.39. The van der Waals surface area contributed by atoms with Crippen LogP contribution >= 0.6 is 11.6 Å². The molecule has 0 bridgehead atoms. The van der Waals surface area contributed by atoms with Crippen LogP contribution in [0.25, 0.3) is 22.2 Å². The quantitative estimate of drug-likeness (QED) is 0.728. The first-order chi connectivity index (χ1) is 12.1. The van der Waals surface area contributed by atoms with Crippen molar-refractivity contribution in [2.75, 3.05) is 6.61 Å². The number of aliphatic hydroxyl groups excluding tert-OH is 1. The van der Waals surface area contributed by atoms with Gasteiger partial charge in [-0.1, -0.05) is 35.9 Å². The Morgan fingerprint density at radius 1 is 1.08 bits per heavy atom. The van der Waals surface area contributed by atoms with Gasteiger partial charge in [0.2, 0.25) is 0 Å². The standard InChI is InChI=1S/C20H14ClNO3/c1-2-25-16-10-9-14-13(18(16)21)7-8-15(22-14)17-19(23)11-5-3-4-6-12(11)20(17)24/h3-10,23H,2H2,1H3. The van der Waals surface area contributed by atoms with E-state index in [-0.39, 0.29) is 17.1 Å². The van der Waals surface area contributed by atoms with E-state index in [0.717, 1.165) is 5.39 Å². The van der Waals surface area contributed by atoms with Crippen LogP contribution in [0.15, 0.2) is 48.5 Å². The van der Waals surface area contributed by atoms with Crippen LogP contribution in [0.2, 0.25) is 5.02 Å². The van der Waals surface area contributed by atoms with Crippen molar-refractivity contribution in [1.82, 2.24) is 4.98 Å². The van der Waals surface area contributed by atoms with E-state index in [2.05, 4.69) is 4.98 Å². The Morgan fingerprint density at radius 2 is 1.84 bits per heavy atom. The molecule has 124 valence electrons. The van der Waals surface area contributed by atoms with Crippen molar-refractivity contribution in [2.45, 2.75) is 6.92 Å². The summed E-state index contributed by atoms with van der Waals surface area (Å²) >= 11 is 6.37. The summed E-state index contributed by atoms with van der Waals surface area (Å²) in [6.45, 7) is 2.41. The van der Waals surface area contributed by atoms with E-state index in [1.807, 2.05) is 6.92 Å². The van der Waals surface area contributed by atoms with Gasteiger partial charge in [-0.3, -0.25) is 4.79 Å². The Kier molecular flexibility index (Phi) is 3.70. The summed E-state index contributed by atoms with van der Waals surface area (Å²) in [6, 6.07) is 14.0. The minimum Gasteiger partial charge on any atom is -0.506 e. The van der Waals surface area contributed by atoms with E-state index in [1.54, 1.807) is 48.5 Å². The number of allylic oxidation sites excluding steroid dienone is 1. The normalized spacial score (nSPS) is 13.4. The molecule has 0 radical (unpaired) electrons. The molecular weight excluding hydrogens is 338 g/mol. The fourth-order valence-electron chi connectivity index (χ4n) is 3.06. The number of aliphatic hydroxyl groups is 1. The third-order valence-electron chi connectivity index (χ3n) is 4.22. The maximum absolute atomic E-state index is 12.6. The third kappa shape index (κ3) is 2.37. The van der Waals surface area contributed by atoms with Crippen LogP contribution in [-0.4, -0.2) is 22.5 Å². The highest BCUT2D eigenvalue weighted by Crippen LogP contribution is 2.38. The molecule has 1 aromatic heterocycles. The minimum absolute atomic E-state index is 0.0375. The molecule has 0 fully saturated rings. The molecule has 0 saturated carbocycles. The second-order valence-corrected chi connectivity index (χ2v) is 6.05. The second-order valence-electron chi connectivity index (χ2n) is 5.67. The number of carbonyl (C=O) groups is 1. The number of pyridine rings is 1. The molecule has 4 nitrogen and oxygen atoms in total. The summed E-state index contributed by atoms with van der Waals surface area (Å²) in [6.07, 6.45) is 0. The van der Waals surface area contributed by atoms with E-state index in [9.17, 15) is 9.90 Å². The van der Waals surface area contributed by atoms with Crippen LogP contribution in [0.3, 0.4) is 0 Å². The molecular formula is C20H14ClNO3. The summed E-state index contributed by atoms with van der Waals surface area (Å²) < 4.78 is 5.49. The lowest BCUT2D eigenvalue weighted by atomic mass is 10.1. The molecule has 2 aromatic carbocycles. The second kappa shape index (κ2) is 5.90. The van der Waals surface area contributed by atoms with Crippen molar-refractivity contribution in [2.24, 2.45) is 0 Å². The summed E-state index contributed by atoms with van der Waals surface area (Å²) in [5.74, 6) is 0.332. The Balaban J connectivity index is 1.85. The van der Waals surface area contributed by atoms with Crippen LogP contribution in [0.5, 0.6) is 5.75 Å². The number of carbonyl (C=O) groups excluding carboxylic acids is 1. The van der Waals surface area contributed by atoms with Gasteiger partial charge in [-0.25, -0.2) is 4.98 Å². The number of aromatic nitrogens is 1. The molecule has 0 atom stereocenters. The molecule has 1 aliphatic carbocycles. The molecule has 4 rings (SSSR count). The lowest BCUT2D eigenvalue weighted by Crippen LogP contribution is -2.01. The number of ether oxygens (including phenoxy) is 1. The van der Waals surface area contributed by atoms with Gasteiger partial charge in [0.25, 0.3) is 0 Å². The maximum Gasteiger partial charge on any atom is 0.199 e. The fraction of sp³-hybridized carbons (Fsp3) is 0.100. The average Bonchev–Trinajstić information content (AvgIpc) is 2.89. The van der Waals surface area contributed by atoms with E-state index >= 15 is 0 Å². The van der Waals surface area contributed by atoms with Crippen LogP contribution in [-0.2, 0) is 0 Å². The Labute approximate surface area is 149 Å². The van der Waals surface area contributed by atoms with Crippen molar-refractivity contribution in [3.05, 3.63) is 70.4 Å². The summed E-state index contributed by atoms with van der Waals surface area (Å²) in [4.78, 5) is 17.2. The Morgan fingerprint density at radius 3 is 2.56 bits per heavy atom. The predicted molar refractivity (Wildman–Crippen MR) is 98.1 cm³/mol. The van der Waals surface area contributed by atoms with Gasteiger partial charge < -0.3 is 9.84 Å². The minimum atomic E-state index is -0.225. The first-order valence-corrected chi connectivity index (χ1v) is 8.29. The van der Waals surface area contributed by atoms with Crippen molar-refractivity contribution < 1.29 is 14.6 Å². The largest absolute Gasteiger partial charge is 0.506 e. The third-order valence-corrected chi connectivity index (χ3v) is 4.61. The number of nitrogens with zero attached hydrogens (tertiary/aromatic N) is 1. The molecule has 1 aliphatic rings. The molecule has 1 heterocycles. The molecule has 25 heavy (non-hydrogen) atoms. The number of fused-ring (bicyclic) bond motifs is 2. The van der Waals surface area contributed by atoms with Gasteiger partial charge >= 0.3 is 0 Å². The number of benzene rings is 2. The number of Topliss-reactive ketones (excluding diaryl/α,β-unsaturated/α-hetero) is 1. The number of ketones is 1. The number of halogens is 1. The highest BCUT2D eigenvalue weighted by atomic mass is 35.5. The predicted octanol–water partition coefficient (Wildman–Crippen LogP) is 4.91. The lowest BCUT2D eigenvalue weighted by molar-refractivity contribution is 0.105. The fourth-order valence-corrected chi connectivity index (χ4v) is 3.33. The zero-order chi connectivity index (χ0) is 17.6. The maximum atomic E-state index is 12.6. The number of hydrogen-bond acceptors (Lipinski definition) is 4. The topological polar surface area (TPSA) is 59.4 Å². The van der Waals surface area contributed by atoms with E-state index in [4.69, 9.17) is 16.3 Å². The van der Waals surface area contributed by atoms with Crippen LogP contribution in [0.4, 0.5) is 0 Å². The monoisotopic (exact) mass is 351 g/mol. The molecule has 0 amide bonds. The average molecular weight is 352 g/mol. The van der Waals surface area contributed by atoms with E-state index < -0.39 is 0 Å². The van der Waals surface area contributed by atoms with Crippen molar-refractivity contribution in [3.63, 3.8) is 0 Å². The van der Waals surface area contributed by atoms with E-state index in [1.165, 1.54) is 0 Å². The van der Waals surface area contributed by atoms with Gasteiger partial charge in [-0.05, 0) is 31.2 Å².